The summed E-state index contributed by atoms with van der Waals surface area (Å²) in [6, 6.07) is 5.29. The maximum Gasteiger partial charge on any atom is 0.325 e. The second kappa shape index (κ2) is 8.65. The van der Waals surface area contributed by atoms with Crippen LogP contribution in [0.5, 0.6) is 11.5 Å². The van der Waals surface area contributed by atoms with Crippen LogP contribution < -0.4 is 26.1 Å². The molecule has 2 rings (SSSR count). The molecule has 0 atom stereocenters. The quantitative estimate of drug-likeness (QED) is 0.489. The van der Waals surface area contributed by atoms with Crippen molar-refractivity contribution in [3.05, 3.63) is 55.9 Å². The highest BCUT2D eigenvalue weighted by Gasteiger charge is 2.11. The molecule has 9 heteroatoms. The van der Waals surface area contributed by atoms with Crippen LogP contribution in [0.3, 0.4) is 0 Å². The number of amides is 1. The van der Waals surface area contributed by atoms with Gasteiger partial charge in [0, 0.05) is 16.8 Å². The number of hydrazone groups is 1. The van der Waals surface area contributed by atoms with Crippen molar-refractivity contribution in [3.8, 4) is 11.5 Å². The molecule has 1 aromatic heterocycles. The number of methoxy groups -OCH3 is 1. The number of H-pyrrole nitrogens is 2. The van der Waals surface area contributed by atoms with E-state index >= 15 is 0 Å². The summed E-state index contributed by atoms with van der Waals surface area (Å²) in [5, 5.41) is 3.89. The highest BCUT2D eigenvalue weighted by Crippen LogP contribution is 2.29. The molecular weight excluding hydrogens is 340 g/mol. The Bertz CT molecular complexity index is 929. The molecule has 2 aromatic rings. The number of aryl methyl sites for hydroxylation is 1. The molecule has 0 aliphatic rings. The number of aromatic nitrogens is 2. The van der Waals surface area contributed by atoms with Crippen LogP contribution in [-0.4, -0.2) is 35.8 Å². The first kappa shape index (κ1) is 19.0. The van der Waals surface area contributed by atoms with E-state index in [-0.39, 0.29) is 12.0 Å². The molecular formula is C17H20N4O5. The van der Waals surface area contributed by atoms with Crippen LogP contribution in [0.1, 0.15) is 23.7 Å². The van der Waals surface area contributed by atoms with Crippen LogP contribution in [0.25, 0.3) is 0 Å². The minimum atomic E-state index is -0.615. The number of para-hydroxylation sites is 1. The third-order valence-electron chi connectivity index (χ3n) is 3.50. The van der Waals surface area contributed by atoms with Crippen LogP contribution in [0.4, 0.5) is 0 Å². The van der Waals surface area contributed by atoms with Crippen molar-refractivity contribution in [2.24, 2.45) is 5.10 Å². The largest absolute Gasteiger partial charge is 0.493 e. The van der Waals surface area contributed by atoms with Gasteiger partial charge in [-0.05, 0) is 26.0 Å². The number of nitrogens with one attached hydrogen (secondary N) is 3. The number of carbonyl (C=O) groups excluding carboxylic acids is 1. The molecule has 0 saturated heterocycles. The van der Waals surface area contributed by atoms with Crippen LogP contribution in [-0.2, 0) is 11.2 Å². The summed E-state index contributed by atoms with van der Waals surface area (Å²) in [6.45, 7) is 3.84. The van der Waals surface area contributed by atoms with Gasteiger partial charge in [-0.25, -0.2) is 10.2 Å². The molecule has 0 aliphatic carbocycles. The van der Waals surface area contributed by atoms with Gasteiger partial charge >= 0.3 is 5.69 Å². The summed E-state index contributed by atoms with van der Waals surface area (Å²) in [4.78, 5) is 39.4. The van der Waals surface area contributed by atoms with E-state index in [1.54, 1.807) is 25.1 Å². The number of benzene rings is 1. The van der Waals surface area contributed by atoms with Crippen molar-refractivity contribution in [1.82, 2.24) is 15.4 Å². The van der Waals surface area contributed by atoms with E-state index in [9.17, 15) is 14.4 Å². The first-order valence-corrected chi connectivity index (χ1v) is 7.90. The van der Waals surface area contributed by atoms with Gasteiger partial charge < -0.3 is 14.5 Å². The van der Waals surface area contributed by atoms with Gasteiger partial charge in [-0.3, -0.25) is 14.6 Å². The van der Waals surface area contributed by atoms with E-state index in [0.29, 0.717) is 29.4 Å². The molecule has 0 fully saturated rings. The van der Waals surface area contributed by atoms with Gasteiger partial charge in [0.05, 0.1) is 26.4 Å². The molecule has 26 heavy (non-hydrogen) atoms. The van der Waals surface area contributed by atoms with E-state index in [1.165, 1.54) is 13.3 Å². The molecule has 1 aromatic carbocycles. The molecule has 0 spiro atoms. The Morgan fingerprint density at radius 2 is 2.08 bits per heavy atom. The first-order valence-electron chi connectivity index (χ1n) is 7.90. The average Bonchev–Trinajstić information content (AvgIpc) is 2.59. The van der Waals surface area contributed by atoms with Crippen molar-refractivity contribution in [2.75, 3.05) is 13.7 Å². The second-order valence-corrected chi connectivity index (χ2v) is 5.29. The highest BCUT2D eigenvalue weighted by atomic mass is 16.5. The summed E-state index contributed by atoms with van der Waals surface area (Å²) < 4.78 is 10.8. The van der Waals surface area contributed by atoms with Gasteiger partial charge in [0.25, 0.3) is 5.56 Å². The summed E-state index contributed by atoms with van der Waals surface area (Å²) in [5.74, 6) is 0.573. The number of nitrogens with zero attached hydrogens (tertiary/aromatic N) is 1. The smallest absolute Gasteiger partial charge is 0.325 e. The minimum absolute atomic E-state index is 0.175. The van der Waals surface area contributed by atoms with Gasteiger partial charge in [-0.15, -0.1) is 0 Å². The third-order valence-corrected chi connectivity index (χ3v) is 3.50. The van der Waals surface area contributed by atoms with E-state index in [4.69, 9.17) is 9.47 Å². The molecule has 0 radical (unpaired) electrons. The Morgan fingerprint density at radius 3 is 2.73 bits per heavy atom. The molecule has 0 bridgehead atoms. The van der Waals surface area contributed by atoms with Crippen molar-refractivity contribution in [1.29, 1.82) is 0 Å². The maximum absolute atomic E-state index is 12.0. The molecule has 9 nitrogen and oxygen atoms in total. The first-order chi connectivity index (χ1) is 12.5. The molecule has 0 unspecified atom stereocenters. The minimum Gasteiger partial charge on any atom is -0.493 e. The number of ether oxygens (including phenoxy) is 2. The van der Waals surface area contributed by atoms with Crippen molar-refractivity contribution >= 4 is 12.1 Å². The third kappa shape index (κ3) is 4.59. The van der Waals surface area contributed by atoms with Gasteiger partial charge in [0.1, 0.15) is 0 Å². The van der Waals surface area contributed by atoms with E-state index in [2.05, 4.69) is 20.5 Å². The molecule has 0 aliphatic heterocycles. The predicted molar refractivity (Wildman–Crippen MR) is 96.0 cm³/mol. The topological polar surface area (TPSA) is 126 Å². The van der Waals surface area contributed by atoms with E-state index in [0.717, 1.165) is 0 Å². The van der Waals surface area contributed by atoms with E-state index < -0.39 is 17.2 Å². The Kier molecular flexibility index (Phi) is 6.31. The Labute approximate surface area is 149 Å². The maximum atomic E-state index is 12.0. The van der Waals surface area contributed by atoms with Gasteiger partial charge in [-0.2, -0.15) is 5.10 Å². The molecule has 1 heterocycles. The lowest BCUT2D eigenvalue weighted by atomic mass is 10.1. The number of aromatic amines is 2. The highest BCUT2D eigenvalue weighted by molar-refractivity contribution is 5.86. The predicted octanol–water partition coefficient (Wildman–Crippen LogP) is 0.472. The summed E-state index contributed by atoms with van der Waals surface area (Å²) >= 11 is 0. The lowest BCUT2D eigenvalue weighted by Gasteiger charge is -2.11. The normalized spacial score (nSPS) is 10.7. The fourth-order valence-corrected chi connectivity index (χ4v) is 2.31. The van der Waals surface area contributed by atoms with Crippen molar-refractivity contribution < 1.29 is 14.3 Å². The molecule has 3 N–H and O–H groups in total. The molecule has 0 saturated carbocycles. The summed E-state index contributed by atoms with van der Waals surface area (Å²) in [5.41, 5.74) is 2.27. The lowest BCUT2D eigenvalue weighted by Crippen LogP contribution is -2.30. The monoisotopic (exact) mass is 360 g/mol. The number of rotatable bonds is 7. The SMILES string of the molecule is CCOc1c(/C=N\NC(=O)Cc2c(C)[nH]c(=O)[nH]c2=O)cccc1OC. The Hall–Kier alpha value is -3.36. The summed E-state index contributed by atoms with van der Waals surface area (Å²) in [6.07, 6.45) is 1.21. The summed E-state index contributed by atoms with van der Waals surface area (Å²) in [7, 11) is 1.53. The van der Waals surface area contributed by atoms with E-state index in [1.807, 2.05) is 6.92 Å². The van der Waals surface area contributed by atoms with Gasteiger partial charge in [-0.1, -0.05) is 6.07 Å². The molecule has 138 valence electrons. The van der Waals surface area contributed by atoms with Crippen LogP contribution in [0.15, 0.2) is 32.9 Å². The zero-order valence-corrected chi connectivity index (χ0v) is 14.7. The van der Waals surface area contributed by atoms with Gasteiger partial charge in [0.2, 0.25) is 5.91 Å². The van der Waals surface area contributed by atoms with Crippen LogP contribution >= 0.6 is 0 Å². The standard InChI is InChI=1S/C17H20N4O5/c1-4-26-15-11(6-5-7-13(15)25-3)9-18-21-14(22)8-12-10(2)19-17(24)20-16(12)23/h5-7,9H,4,8H2,1-3H3,(H,21,22)(H2,19,20,23,24)/b18-9-. The van der Waals surface area contributed by atoms with Crippen LogP contribution in [0.2, 0.25) is 0 Å². The lowest BCUT2D eigenvalue weighted by molar-refractivity contribution is -0.120. The zero-order chi connectivity index (χ0) is 19.1. The number of hydrogen-bond acceptors (Lipinski definition) is 6. The van der Waals surface area contributed by atoms with Crippen LogP contribution in [0, 0.1) is 6.92 Å². The number of hydrogen-bond donors (Lipinski definition) is 3. The second-order valence-electron chi connectivity index (χ2n) is 5.29. The Morgan fingerprint density at radius 1 is 1.31 bits per heavy atom. The molecule has 1 amide bonds. The number of carbonyl (C=O) groups is 1. The zero-order valence-electron chi connectivity index (χ0n) is 14.7. The van der Waals surface area contributed by atoms with Gasteiger partial charge in [0.15, 0.2) is 11.5 Å². The fourth-order valence-electron chi connectivity index (χ4n) is 2.31. The van der Waals surface area contributed by atoms with Crippen molar-refractivity contribution in [3.63, 3.8) is 0 Å². The fraction of sp³-hybridized carbons (Fsp3) is 0.294. The average molecular weight is 360 g/mol. The Balaban J connectivity index is 2.11. The van der Waals surface area contributed by atoms with Crippen molar-refractivity contribution in [2.45, 2.75) is 20.3 Å².